The monoisotopic (exact) mass is 267 g/mol. The Hall–Kier alpha value is -0.770. The predicted molar refractivity (Wildman–Crippen MR) is 78.3 cm³/mol. The minimum Gasteiger partial charge on any atom is -0.367 e. The molecule has 1 atom stereocenters. The van der Waals surface area contributed by atoms with E-state index in [0.717, 1.165) is 23.7 Å². The van der Waals surface area contributed by atoms with Gasteiger partial charge in [-0.05, 0) is 39.1 Å². The van der Waals surface area contributed by atoms with Gasteiger partial charge in [0.05, 0.1) is 0 Å². The maximum atomic E-state index is 6.24. The molecule has 0 bridgehead atoms. The minimum absolute atomic E-state index is 0.500. The molecule has 1 aromatic rings. The van der Waals surface area contributed by atoms with Crippen LogP contribution in [0.4, 0.5) is 5.69 Å². The molecule has 1 unspecified atom stereocenters. The molecule has 1 fully saturated rings. The molecule has 1 aromatic carbocycles. The van der Waals surface area contributed by atoms with Gasteiger partial charge in [-0.3, -0.25) is 0 Å². The fraction of sp³-hybridized carbons (Fsp3) is 0.571. The van der Waals surface area contributed by atoms with Crippen molar-refractivity contribution >= 4 is 17.3 Å². The fourth-order valence-electron chi connectivity index (χ4n) is 2.78. The van der Waals surface area contributed by atoms with E-state index in [9.17, 15) is 0 Å². The summed E-state index contributed by atoms with van der Waals surface area (Å²) in [4.78, 5) is 4.71. The molecule has 2 rings (SSSR count). The van der Waals surface area contributed by atoms with Gasteiger partial charge in [0.25, 0.3) is 0 Å². The lowest BCUT2D eigenvalue weighted by Crippen LogP contribution is -2.38. The summed E-state index contributed by atoms with van der Waals surface area (Å²) in [7, 11) is 4.25. The average Bonchev–Trinajstić information content (AvgIpc) is 2.75. The molecule has 1 aliphatic rings. The third-order valence-corrected chi connectivity index (χ3v) is 3.91. The quantitative estimate of drug-likeness (QED) is 0.909. The van der Waals surface area contributed by atoms with Crippen molar-refractivity contribution in [2.24, 2.45) is 5.73 Å². The van der Waals surface area contributed by atoms with Gasteiger partial charge in [-0.2, -0.15) is 0 Å². The molecule has 2 N–H and O–H groups in total. The summed E-state index contributed by atoms with van der Waals surface area (Å²) in [6, 6.07) is 6.65. The Bertz CT molecular complexity index is 406. The van der Waals surface area contributed by atoms with Gasteiger partial charge >= 0.3 is 0 Å². The Morgan fingerprint density at radius 3 is 2.89 bits per heavy atom. The lowest BCUT2D eigenvalue weighted by atomic mass is 10.1. The van der Waals surface area contributed by atoms with Crippen LogP contribution in [-0.2, 0) is 6.54 Å². The van der Waals surface area contributed by atoms with Gasteiger partial charge < -0.3 is 15.5 Å². The Morgan fingerprint density at radius 2 is 2.22 bits per heavy atom. The van der Waals surface area contributed by atoms with Crippen LogP contribution in [0.25, 0.3) is 0 Å². The normalized spacial score (nSPS) is 19.8. The highest BCUT2D eigenvalue weighted by atomic mass is 35.5. The number of hydrogen-bond acceptors (Lipinski definition) is 3. The fourth-order valence-corrected chi connectivity index (χ4v) is 3.03. The lowest BCUT2D eigenvalue weighted by Gasteiger charge is -2.30. The average molecular weight is 268 g/mol. The highest BCUT2D eigenvalue weighted by Crippen LogP contribution is 2.32. The van der Waals surface area contributed by atoms with Crippen LogP contribution in [0, 0.1) is 0 Å². The van der Waals surface area contributed by atoms with Crippen molar-refractivity contribution in [2.45, 2.75) is 25.4 Å². The van der Waals surface area contributed by atoms with Crippen LogP contribution < -0.4 is 10.6 Å². The number of anilines is 1. The van der Waals surface area contributed by atoms with Crippen molar-refractivity contribution in [3.05, 3.63) is 28.8 Å². The SMILES string of the molecule is CN(C)CC1CCCN1c1cccc(Cl)c1CN. The summed E-state index contributed by atoms with van der Waals surface area (Å²) in [5.41, 5.74) is 8.14. The van der Waals surface area contributed by atoms with E-state index < -0.39 is 0 Å². The molecule has 0 saturated carbocycles. The zero-order valence-corrected chi connectivity index (χ0v) is 12.0. The summed E-state index contributed by atoms with van der Waals surface area (Å²) < 4.78 is 0. The Kier molecular flexibility index (Phi) is 4.49. The number of benzene rings is 1. The number of rotatable bonds is 4. The Morgan fingerprint density at radius 1 is 1.44 bits per heavy atom. The van der Waals surface area contributed by atoms with Crippen LogP contribution in [0.1, 0.15) is 18.4 Å². The van der Waals surface area contributed by atoms with E-state index in [4.69, 9.17) is 17.3 Å². The first-order valence-electron chi connectivity index (χ1n) is 6.52. The molecule has 3 nitrogen and oxygen atoms in total. The topological polar surface area (TPSA) is 32.5 Å². The Labute approximate surface area is 115 Å². The molecule has 0 radical (unpaired) electrons. The van der Waals surface area contributed by atoms with Gasteiger partial charge in [0.2, 0.25) is 0 Å². The molecule has 1 heterocycles. The van der Waals surface area contributed by atoms with Crippen LogP contribution in [0.5, 0.6) is 0 Å². The number of nitrogens with zero attached hydrogens (tertiary/aromatic N) is 2. The van der Waals surface area contributed by atoms with Crippen LogP contribution in [0.15, 0.2) is 18.2 Å². The predicted octanol–water partition coefficient (Wildman–Crippen LogP) is 2.33. The molecule has 0 aliphatic carbocycles. The van der Waals surface area contributed by atoms with Gasteiger partial charge in [-0.1, -0.05) is 17.7 Å². The smallest absolute Gasteiger partial charge is 0.0471 e. The van der Waals surface area contributed by atoms with Gasteiger partial charge in [0, 0.05) is 41.9 Å². The Balaban J connectivity index is 2.27. The van der Waals surface area contributed by atoms with Gasteiger partial charge in [0.15, 0.2) is 0 Å². The van der Waals surface area contributed by atoms with E-state index in [1.54, 1.807) is 0 Å². The van der Waals surface area contributed by atoms with Crippen LogP contribution in [0.3, 0.4) is 0 Å². The third kappa shape index (κ3) is 2.79. The second-order valence-electron chi connectivity index (χ2n) is 5.19. The minimum atomic E-state index is 0.500. The van der Waals surface area contributed by atoms with Crippen molar-refractivity contribution in [2.75, 3.05) is 32.1 Å². The molecule has 0 amide bonds. The maximum absolute atomic E-state index is 6.24. The van der Waals surface area contributed by atoms with Crippen molar-refractivity contribution in [1.82, 2.24) is 4.90 Å². The van der Waals surface area contributed by atoms with E-state index in [-0.39, 0.29) is 0 Å². The zero-order chi connectivity index (χ0) is 13.1. The highest BCUT2D eigenvalue weighted by Gasteiger charge is 2.26. The van der Waals surface area contributed by atoms with Crippen molar-refractivity contribution < 1.29 is 0 Å². The molecule has 0 aromatic heterocycles. The standard InChI is InChI=1S/C14H22ClN3/c1-17(2)10-11-5-4-8-18(11)14-7-3-6-13(15)12(14)9-16/h3,6-7,11H,4-5,8-10,16H2,1-2H3. The summed E-state index contributed by atoms with van der Waals surface area (Å²) >= 11 is 6.24. The molecule has 1 aliphatic heterocycles. The van der Waals surface area contributed by atoms with Crippen molar-refractivity contribution in [3.8, 4) is 0 Å². The second-order valence-corrected chi connectivity index (χ2v) is 5.60. The molecule has 18 heavy (non-hydrogen) atoms. The van der Waals surface area contributed by atoms with Gasteiger partial charge in [-0.25, -0.2) is 0 Å². The molecule has 1 saturated heterocycles. The summed E-state index contributed by atoms with van der Waals surface area (Å²) in [5, 5.41) is 0.783. The van der Waals surface area contributed by atoms with Crippen LogP contribution >= 0.6 is 11.6 Å². The molecular weight excluding hydrogens is 246 g/mol. The van der Waals surface area contributed by atoms with Crippen LogP contribution in [-0.4, -0.2) is 38.1 Å². The largest absolute Gasteiger partial charge is 0.367 e. The number of halogens is 1. The van der Waals surface area contributed by atoms with E-state index >= 15 is 0 Å². The third-order valence-electron chi connectivity index (χ3n) is 3.56. The summed E-state index contributed by atoms with van der Waals surface area (Å²) in [6.45, 7) is 2.68. The van der Waals surface area contributed by atoms with E-state index in [1.165, 1.54) is 18.5 Å². The van der Waals surface area contributed by atoms with Crippen molar-refractivity contribution in [3.63, 3.8) is 0 Å². The molecule has 100 valence electrons. The lowest BCUT2D eigenvalue weighted by molar-refractivity contribution is 0.372. The first-order valence-corrected chi connectivity index (χ1v) is 6.90. The zero-order valence-electron chi connectivity index (χ0n) is 11.2. The number of likely N-dealkylation sites (N-methyl/N-ethyl adjacent to an activating group) is 1. The van der Waals surface area contributed by atoms with Crippen molar-refractivity contribution in [1.29, 1.82) is 0 Å². The summed E-state index contributed by atoms with van der Waals surface area (Å²) in [6.07, 6.45) is 2.49. The van der Waals surface area contributed by atoms with E-state index in [2.05, 4.69) is 30.0 Å². The van der Waals surface area contributed by atoms with Crippen LogP contribution in [0.2, 0.25) is 5.02 Å². The second kappa shape index (κ2) is 5.91. The maximum Gasteiger partial charge on any atom is 0.0471 e. The summed E-state index contributed by atoms with van der Waals surface area (Å²) in [5.74, 6) is 0. The molecule has 4 heteroatoms. The first kappa shape index (κ1) is 13.7. The molecular formula is C14H22ClN3. The van der Waals surface area contributed by atoms with E-state index in [0.29, 0.717) is 12.6 Å². The first-order chi connectivity index (χ1) is 8.63. The number of hydrogen-bond donors (Lipinski definition) is 1. The van der Waals surface area contributed by atoms with Gasteiger partial charge in [0.1, 0.15) is 0 Å². The van der Waals surface area contributed by atoms with Gasteiger partial charge in [-0.15, -0.1) is 0 Å². The number of nitrogens with two attached hydrogens (primary N) is 1. The molecule has 0 spiro atoms. The highest BCUT2D eigenvalue weighted by molar-refractivity contribution is 6.31. The van der Waals surface area contributed by atoms with E-state index in [1.807, 2.05) is 12.1 Å².